The number of hydrogen-bond acceptors (Lipinski definition) is 5. The second kappa shape index (κ2) is 11.0. The average molecular weight is 571 g/mol. The predicted octanol–water partition coefficient (Wildman–Crippen LogP) is 7.30. The Bertz CT molecular complexity index is 1480. The highest BCUT2D eigenvalue weighted by molar-refractivity contribution is 5.71. The van der Waals surface area contributed by atoms with E-state index in [2.05, 4.69) is 40.2 Å². The van der Waals surface area contributed by atoms with E-state index < -0.39 is 11.9 Å². The van der Waals surface area contributed by atoms with Crippen LogP contribution in [0.5, 0.6) is 11.6 Å². The Balaban J connectivity index is 1.21. The molecule has 3 aliphatic heterocycles. The summed E-state index contributed by atoms with van der Waals surface area (Å²) in [6.07, 6.45) is 10.0. The third-order valence-electron chi connectivity index (χ3n) is 10.3. The predicted molar refractivity (Wildman–Crippen MR) is 158 cm³/mol. The Kier molecular flexibility index (Phi) is 7.17. The molecule has 4 heterocycles. The molecular formula is C35H39FN2O4. The van der Waals surface area contributed by atoms with Crippen molar-refractivity contribution in [3.8, 4) is 22.8 Å². The minimum Gasteiger partial charge on any atom is -0.485 e. The fourth-order valence-electron chi connectivity index (χ4n) is 7.83. The number of halogens is 1. The van der Waals surface area contributed by atoms with Crippen LogP contribution in [-0.2, 0) is 17.8 Å². The lowest BCUT2D eigenvalue weighted by Gasteiger charge is -2.30. The molecule has 7 rings (SSSR count). The van der Waals surface area contributed by atoms with Gasteiger partial charge in [-0.15, -0.1) is 0 Å². The topological polar surface area (TPSA) is 71.9 Å². The molecule has 0 spiro atoms. The zero-order valence-corrected chi connectivity index (χ0v) is 24.4. The summed E-state index contributed by atoms with van der Waals surface area (Å²) in [5.74, 6) is 0.157. The number of carboxylic acids is 1. The van der Waals surface area contributed by atoms with Gasteiger partial charge in [0.2, 0.25) is 5.88 Å². The third-order valence-corrected chi connectivity index (χ3v) is 10.3. The molecule has 1 aliphatic carbocycles. The van der Waals surface area contributed by atoms with Gasteiger partial charge >= 0.3 is 5.97 Å². The minimum atomic E-state index is -0.745. The molecule has 3 aromatic rings. The van der Waals surface area contributed by atoms with Crippen molar-refractivity contribution in [2.24, 2.45) is 11.8 Å². The van der Waals surface area contributed by atoms with Crippen molar-refractivity contribution in [2.45, 2.75) is 88.9 Å². The molecule has 0 amide bonds. The SMILES string of the molecule is COc1cc(-c2ccc([C@@H]3CCc4ccc([C@H](C5CC5)[C@H](C)C(=O)O)cc4O3)cc2CN2C3CCC2CC3)c(F)cn1. The van der Waals surface area contributed by atoms with E-state index in [1.165, 1.54) is 37.4 Å². The highest BCUT2D eigenvalue weighted by Gasteiger charge is 2.40. The Morgan fingerprint density at radius 2 is 1.81 bits per heavy atom. The number of hydrogen-bond donors (Lipinski definition) is 1. The minimum absolute atomic E-state index is 0.00532. The summed E-state index contributed by atoms with van der Waals surface area (Å²) >= 11 is 0. The van der Waals surface area contributed by atoms with Crippen molar-refractivity contribution in [2.75, 3.05) is 7.11 Å². The fourth-order valence-corrected chi connectivity index (χ4v) is 7.83. The van der Waals surface area contributed by atoms with Crippen molar-refractivity contribution >= 4 is 5.97 Å². The van der Waals surface area contributed by atoms with Gasteiger partial charge < -0.3 is 14.6 Å². The van der Waals surface area contributed by atoms with Gasteiger partial charge in [0.05, 0.1) is 19.2 Å². The van der Waals surface area contributed by atoms with E-state index in [0.717, 1.165) is 60.2 Å². The first kappa shape index (κ1) is 27.4. The van der Waals surface area contributed by atoms with Crippen LogP contribution in [-0.4, -0.2) is 40.2 Å². The molecule has 4 aliphatic rings. The lowest BCUT2D eigenvalue weighted by Crippen LogP contribution is -2.28. The number of ether oxygens (including phenoxy) is 2. The highest BCUT2D eigenvalue weighted by Crippen LogP contribution is 2.48. The fraction of sp³-hybridized carbons (Fsp3) is 0.486. The van der Waals surface area contributed by atoms with Gasteiger partial charge in [0, 0.05) is 30.3 Å². The van der Waals surface area contributed by atoms with Gasteiger partial charge in [-0.2, -0.15) is 0 Å². The van der Waals surface area contributed by atoms with E-state index in [1.54, 1.807) is 13.2 Å². The van der Waals surface area contributed by atoms with Crippen LogP contribution in [0.25, 0.3) is 11.1 Å². The molecule has 0 radical (unpaired) electrons. The average Bonchev–Trinajstić information content (AvgIpc) is 3.69. The van der Waals surface area contributed by atoms with Crippen molar-refractivity contribution in [3.63, 3.8) is 0 Å². The molecular weight excluding hydrogens is 531 g/mol. The van der Waals surface area contributed by atoms with Gasteiger partial charge in [-0.3, -0.25) is 9.69 Å². The second-order valence-electron chi connectivity index (χ2n) is 12.8. The maximum absolute atomic E-state index is 15.1. The monoisotopic (exact) mass is 570 g/mol. The number of pyridine rings is 1. The van der Waals surface area contributed by atoms with Gasteiger partial charge in [0.25, 0.3) is 0 Å². The Morgan fingerprint density at radius 3 is 2.50 bits per heavy atom. The maximum Gasteiger partial charge on any atom is 0.306 e. The number of aromatic nitrogens is 1. The van der Waals surface area contributed by atoms with Crippen LogP contribution in [0.2, 0.25) is 0 Å². The summed E-state index contributed by atoms with van der Waals surface area (Å²) in [6, 6.07) is 15.6. The quantitative estimate of drug-likeness (QED) is 0.291. The molecule has 7 heteroatoms. The molecule has 2 aromatic carbocycles. The number of rotatable bonds is 9. The second-order valence-corrected chi connectivity index (χ2v) is 12.8. The number of benzene rings is 2. The summed E-state index contributed by atoms with van der Waals surface area (Å²) in [5.41, 5.74) is 5.81. The van der Waals surface area contributed by atoms with Crippen LogP contribution >= 0.6 is 0 Å². The standard InChI is InChI=1S/C35H39FN2O4/c1-20(35(39)40)34(22-4-5-22)24-6-3-21-8-14-31(42-32(21)16-24)23-7-13-28(29-17-33(41-2)37-18-30(29)36)25(15-23)19-38-26-9-10-27(38)12-11-26/h3,6-7,13,15-18,20,22,26-27,31,34H,4-5,8-12,14,19H2,1-2H3,(H,39,40)/t20-,26?,27?,31-,34-/m0/s1. The first-order valence-corrected chi connectivity index (χ1v) is 15.5. The van der Waals surface area contributed by atoms with Crippen LogP contribution in [0.1, 0.15) is 86.1 Å². The molecule has 3 atom stereocenters. The van der Waals surface area contributed by atoms with E-state index in [0.29, 0.717) is 29.4 Å². The van der Waals surface area contributed by atoms with E-state index in [9.17, 15) is 9.90 Å². The number of aryl methyl sites for hydroxylation is 1. The normalized spacial score (nSPS) is 24.6. The number of fused-ring (bicyclic) bond motifs is 3. The van der Waals surface area contributed by atoms with Gasteiger partial charge in [-0.05, 0) is 97.1 Å². The molecule has 1 aromatic heterocycles. The van der Waals surface area contributed by atoms with Crippen molar-refractivity contribution in [3.05, 3.63) is 76.7 Å². The molecule has 42 heavy (non-hydrogen) atoms. The van der Waals surface area contributed by atoms with Gasteiger partial charge in [0.15, 0.2) is 0 Å². The Morgan fingerprint density at radius 1 is 1.05 bits per heavy atom. The van der Waals surface area contributed by atoms with Crippen LogP contribution in [0, 0.1) is 17.7 Å². The Labute approximate surface area is 246 Å². The van der Waals surface area contributed by atoms with Gasteiger partial charge in [-0.25, -0.2) is 9.37 Å². The van der Waals surface area contributed by atoms with Gasteiger partial charge in [0.1, 0.15) is 17.7 Å². The lowest BCUT2D eigenvalue weighted by molar-refractivity contribution is -0.142. The van der Waals surface area contributed by atoms with Crippen LogP contribution < -0.4 is 9.47 Å². The first-order chi connectivity index (χ1) is 20.4. The zero-order valence-electron chi connectivity index (χ0n) is 24.4. The third kappa shape index (κ3) is 5.06. The van der Waals surface area contributed by atoms with Crippen molar-refractivity contribution in [1.29, 1.82) is 0 Å². The van der Waals surface area contributed by atoms with E-state index >= 15 is 4.39 Å². The summed E-state index contributed by atoms with van der Waals surface area (Å²) in [4.78, 5) is 18.6. The molecule has 1 N–H and O–H groups in total. The number of carboxylic acid groups (broad SMARTS) is 1. The number of aliphatic carboxylic acids is 1. The highest BCUT2D eigenvalue weighted by atomic mass is 19.1. The van der Waals surface area contributed by atoms with E-state index in [4.69, 9.17) is 9.47 Å². The van der Waals surface area contributed by atoms with Gasteiger partial charge in [-0.1, -0.05) is 37.3 Å². The Hall–Kier alpha value is -3.45. The number of methoxy groups -OCH3 is 1. The molecule has 2 saturated heterocycles. The zero-order chi connectivity index (χ0) is 29.0. The summed E-state index contributed by atoms with van der Waals surface area (Å²) in [7, 11) is 1.55. The molecule has 3 fully saturated rings. The lowest BCUT2D eigenvalue weighted by atomic mass is 9.82. The van der Waals surface area contributed by atoms with E-state index in [1.807, 2.05) is 13.0 Å². The van der Waals surface area contributed by atoms with Crippen molar-refractivity contribution < 1.29 is 23.8 Å². The van der Waals surface area contributed by atoms with E-state index in [-0.39, 0.29) is 17.8 Å². The molecule has 6 nitrogen and oxygen atoms in total. The maximum atomic E-state index is 15.1. The summed E-state index contributed by atoms with van der Waals surface area (Å²) < 4.78 is 27.2. The van der Waals surface area contributed by atoms with Crippen molar-refractivity contribution in [1.82, 2.24) is 9.88 Å². The molecule has 0 unspecified atom stereocenters. The first-order valence-electron chi connectivity index (χ1n) is 15.5. The van der Waals surface area contributed by atoms with Crippen LogP contribution in [0.3, 0.4) is 0 Å². The molecule has 220 valence electrons. The molecule has 1 saturated carbocycles. The summed E-state index contributed by atoms with van der Waals surface area (Å²) in [6.45, 7) is 2.61. The smallest absolute Gasteiger partial charge is 0.306 e. The number of carbonyl (C=O) groups is 1. The largest absolute Gasteiger partial charge is 0.485 e. The summed E-state index contributed by atoms with van der Waals surface area (Å²) in [5, 5.41) is 9.77. The number of nitrogens with zero attached hydrogens (tertiary/aromatic N) is 2. The molecule has 2 bridgehead atoms. The van der Waals surface area contributed by atoms with Crippen LogP contribution in [0.15, 0.2) is 48.7 Å². The van der Waals surface area contributed by atoms with Crippen LogP contribution in [0.4, 0.5) is 4.39 Å².